The van der Waals surface area contributed by atoms with Crippen molar-refractivity contribution in [2.45, 2.75) is 32.6 Å². The number of carbonyl (C=O) groups excluding carboxylic acids is 1. The smallest absolute Gasteiger partial charge is 0.420 e. The van der Waals surface area contributed by atoms with E-state index in [1.54, 1.807) is 0 Å². The van der Waals surface area contributed by atoms with E-state index in [-0.39, 0.29) is 5.28 Å². The van der Waals surface area contributed by atoms with E-state index in [0.717, 1.165) is 37.1 Å². The molecule has 1 aromatic heterocycles. The Labute approximate surface area is 105 Å². The summed E-state index contributed by atoms with van der Waals surface area (Å²) in [6.07, 6.45) is 7.02. The monoisotopic (exact) mass is 254 g/mol. The van der Waals surface area contributed by atoms with Crippen LogP contribution in [0.15, 0.2) is 6.08 Å². The Hall–Kier alpha value is -1.29. The maximum absolute atomic E-state index is 11.9. The summed E-state index contributed by atoms with van der Waals surface area (Å²) in [6, 6.07) is 0. The Bertz CT molecular complexity index is 452. The first-order valence-corrected chi connectivity index (χ1v) is 6.22. The third-order valence-electron chi connectivity index (χ3n) is 2.69. The molecule has 1 heterocycles. The largest absolute Gasteiger partial charge is 0.449 e. The van der Waals surface area contributed by atoms with Crippen LogP contribution >= 0.6 is 11.6 Å². The van der Waals surface area contributed by atoms with Crippen molar-refractivity contribution >= 4 is 23.8 Å². The zero-order valence-corrected chi connectivity index (χ0v) is 10.5. The lowest BCUT2D eigenvalue weighted by atomic mass is 10.1. The Morgan fingerprint density at radius 1 is 1.65 bits per heavy atom. The van der Waals surface area contributed by atoms with E-state index in [4.69, 9.17) is 16.3 Å². The molecule has 92 valence electrons. The molecule has 0 aromatic carbocycles. The number of ether oxygens (including phenoxy) is 1. The van der Waals surface area contributed by atoms with Crippen LogP contribution in [-0.4, -0.2) is 22.3 Å². The van der Waals surface area contributed by atoms with E-state index in [9.17, 15) is 4.79 Å². The summed E-state index contributed by atoms with van der Waals surface area (Å²) >= 11 is 5.96. The molecule has 0 N–H and O–H groups in total. The van der Waals surface area contributed by atoms with Gasteiger partial charge in [-0.3, -0.25) is 0 Å². The van der Waals surface area contributed by atoms with Crippen molar-refractivity contribution in [2.75, 3.05) is 6.61 Å². The first-order chi connectivity index (χ1) is 8.24. The Morgan fingerprint density at radius 2 is 2.47 bits per heavy atom. The number of fused-ring (bicyclic) bond motifs is 1. The van der Waals surface area contributed by atoms with Gasteiger partial charge in [0.25, 0.3) is 0 Å². The quantitative estimate of drug-likeness (QED) is 0.778. The summed E-state index contributed by atoms with van der Waals surface area (Å²) in [6.45, 7) is 2.47. The van der Waals surface area contributed by atoms with E-state index < -0.39 is 6.09 Å². The highest BCUT2D eigenvalue weighted by Gasteiger charge is 2.21. The topological polar surface area (TPSA) is 44.1 Å². The Kier molecular flexibility index (Phi) is 3.84. The molecule has 0 saturated heterocycles. The number of hydrogen-bond acceptors (Lipinski definition) is 3. The minimum absolute atomic E-state index is 0.183. The number of imidazole rings is 1. The number of rotatable bonds is 3. The van der Waals surface area contributed by atoms with Gasteiger partial charge in [0.1, 0.15) is 0 Å². The zero-order valence-electron chi connectivity index (χ0n) is 9.78. The fourth-order valence-electron chi connectivity index (χ4n) is 1.78. The van der Waals surface area contributed by atoms with Gasteiger partial charge >= 0.3 is 6.09 Å². The summed E-state index contributed by atoms with van der Waals surface area (Å²) in [4.78, 5) is 16.0. The van der Waals surface area contributed by atoms with Gasteiger partial charge < -0.3 is 4.74 Å². The molecule has 0 aliphatic heterocycles. The standard InChI is InChI=1S/C12H15ClN2O2/c1-2-3-8-17-12(16)15-10-7-5-4-6-9(10)14-11(15)13/h4,6H,2-3,5,7-8H2,1H3. The van der Waals surface area contributed by atoms with Crippen molar-refractivity contribution in [3.63, 3.8) is 0 Å². The highest BCUT2D eigenvalue weighted by atomic mass is 35.5. The van der Waals surface area contributed by atoms with Crippen molar-refractivity contribution < 1.29 is 9.53 Å². The maximum Gasteiger partial charge on any atom is 0.420 e. The van der Waals surface area contributed by atoms with Crippen molar-refractivity contribution in [3.8, 4) is 0 Å². The molecule has 5 heteroatoms. The van der Waals surface area contributed by atoms with E-state index in [1.165, 1.54) is 4.57 Å². The first kappa shape index (κ1) is 12.2. The Balaban J connectivity index is 2.17. The number of halogens is 1. The molecule has 0 atom stereocenters. The number of nitrogens with zero attached hydrogens (tertiary/aromatic N) is 2. The molecular formula is C12H15ClN2O2. The molecule has 0 radical (unpaired) electrons. The molecule has 0 unspecified atom stereocenters. The summed E-state index contributed by atoms with van der Waals surface area (Å²) in [5, 5.41) is 0.183. The van der Waals surface area contributed by atoms with Gasteiger partial charge in [0.05, 0.1) is 18.0 Å². The van der Waals surface area contributed by atoms with Crippen LogP contribution in [0.1, 0.15) is 37.6 Å². The molecule has 0 amide bonds. The van der Waals surface area contributed by atoms with E-state index in [0.29, 0.717) is 6.61 Å². The molecule has 0 fully saturated rings. The molecule has 0 bridgehead atoms. The molecule has 4 nitrogen and oxygen atoms in total. The van der Waals surface area contributed by atoms with Crippen LogP contribution in [0.2, 0.25) is 5.28 Å². The predicted octanol–water partition coefficient (Wildman–Crippen LogP) is 3.28. The summed E-state index contributed by atoms with van der Waals surface area (Å²) in [5.74, 6) is 0. The number of allylic oxidation sites excluding steroid dienone is 1. The molecule has 1 aliphatic carbocycles. The first-order valence-electron chi connectivity index (χ1n) is 5.84. The fraction of sp³-hybridized carbons (Fsp3) is 0.500. The van der Waals surface area contributed by atoms with Crippen molar-refractivity contribution in [2.24, 2.45) is 0 Å². The van der Waals surface area contributed by atoms with Crippen LogP contribution in [-0.2, 0) is 11.2 Å². The van der Waals surface area contributed by atoms with Crippen LogP contribution < -0.4 is 0 Å². The van der Waals surface area contributed by atoms with Crippen molar-refractivity contribution in [1.82, 2.24) is 9.55 Å². The van der Waals surface area contributed by atoms with Gasteiger partial charge in [0.15, 0.2) is 0 Å². The zero-order chi connectivity index (χ0) is 12.3. The molecule has 17 heavy (non-hydrogen) atoms. The lowest BCUT2D eigenvalue weighted by Crippen LogP contribution is -2.18. The number of carbonyl (C=O) groups is 1. The maximum atomic E-state index is 11.9. The van der Waals surface area contributed by atoms with E-state index in [2.05, 4.69) is 4.98 Å². The summed E-state index contributed by atoms with van der Waals surface area (Å²) < 4.78 is 6.52. The summed E-state index contributed by atoms with van der Waals surface area (Å²) in [7, 11) is 0. The van der Waals surface area contributed by atoms with Crippen molar-refractivity contribution in [3.05, 3.63) is 22.7 Å². The normalized spacial score (nSPS) is 13.5. The van der Waals surface area contributed by atoms with Crippen LogP contribution in [0, 0.1) is 0 Å². The highest BCUT2D eigenvalue weighted by molar-refractivity contribution is 6.29. The number of hydrogen-bond donors (Lipinski definition) is 0. The third-order valence-corrected chi connectivity index (χ3v) is 2.95. The predicted molar refractivity (Wildman–Crippen MR) is 66.2 cm³/mol. The SMILES string of the molecule is CCCCOC(=O)n1c(Cl)nc2c1CCC=C2. The third kappa shape index (κ3) is 2.52. The average Bonchev–Trinajstić information content (AvgIpc) is 2.65. The average molecular weight is 255 g/mol. The van der Waals surface area contributed by atoms with Gasteiger partial charge in [-0.2, -0.15) is 0 Å². The summed E-state index contributed by atoms with van der Waals surface area (Å²) in [5.41, 5.74) is 1.62. The highest BCUT2D eigenvalue weighted by Crippen LogP contribution is 2.23. The second-order valence-electron chi connectivity index (χ2n) is 3.96. The lowest BCUT2D eigenvalue weighted by molar-refractivity contribution is 0.145. The van der Waals surface area contributed by atoms with E-state index >= 15 is 0 Å². The van der Waals surface area contributed by atoms with Crippen LogP contribution in [0.3, 0.4) is 0 Å². The van der Waals surface area contributed by atoms with Gasteiger partial charge in [0.2, 0.25) is 5.28 Å². The van der Waals surface area contributed by atoms with Gasteiger partial charge in [-0.1, -0.05) is 19.4 Å². The van der Waals surface area contributed by atoms with Gasteiger partial charge in [-0.25, -0.2) is 14.3 Å². The minimum Gasteiger partial charge on any atom is -0.449 e. The molecule has 1 aliphatic rings. The molecule has 0 saturated carbocycles. The number of unbranched alkanes of at least 4 members (excludes halogenated alkanes) is 1. The lowest BCUT2D eigenvalue weighted by Gasteiger charge is -2.10. The second kappa shape index (κ2) is 5.36. The van der Waals surface area contributed by atoms with Crippen LogP contribution in [0.5, 0.6) is 0 Å². The molecular weight excluding hydrogens is 240 g/mol. The molecule has 0 spiro atoms. The van der Waals surface area contributed by atoms with E-state index in [1.807, 2.05) is 19.1 Å². The van der Waals surface area contributed by atoms with Crippen LogP contribution in [0.4, 0.5) is 4.79 Å². The van der Waals surface area contributed by atoms with Gasteiger partial charge in [-0.15, -0.1) is 0 Å². The second-order valence-corrected chi connectivity index (χ2v) is 4.30. The fourth-order valence-corrected chi connectivity index (χ4v) is 2.04. The van der Waals surface area contributed by atoms with Gasteiger partial charge in [-0.05, 0) is 36.9 Å². The molecule has 1 aromatic rings. The molecule has 2 rings (SSSR count). The van der Waals surface area contributed by atoms with Crippen LogP contribution in [0.25, 0.3) is 6.08 Å². The van der Waals surface area contributed by atoms with Crippen molar-refractivity contribution in [1.29, 1.82) is 0 Å². The number of aromatic nitrogens is 2. The van der Waals surface area contributed by atoms with Gasteiger partial charge in [0, 0.05) is 0 Å². The Morgan fingerprint density at radius 3 is 3.24 bits per heavy atom. The minimum atomic E-state index is -0.424.